The number of nitrogens with one attached hydrogen (secondary N) is 1. The summed E-state index contributed by atoms with van der Waals surface area (Å²) in [6, 6.07) is 21.4. The molecule has 0 saturated carbocycles. The van der Waals surface area contributed by atoms with Gasteiger partial charge in [-0.25, -0.2) is 9.97 Å². The zero-order valence-electron chi connectivity index (χ0n) is 16.7. The van der Waals surface area contributed by atoms with Crippen LogP contribution in [0.15, 0.2) is 73.1 Å². The van der Waals surface area contributed by atoms with Gasteiger partial charge in [0.05, 0.1) is 4.92 Å². The molecule has 150 valence electrons. The number of fused-ring (bicyclic) bond motifs is 1. The molecule has 0 bridgehead atoms. The van der Waals surface area contributed by atoms with Crippen molar-refractivity contribution < 1.29 is 4.92 Å². The lowest BCUT2D eigenvalue weighted by Gasteiger charge is -2.22. The van der Waals surface area contributed by atoms with E-state index in [2.05, 4.69) is 15.3 Å². The molecule has 1 heterocycles. The zero-order valence-corrected chi connectivity index (χ0v) is 16.7. The normalized spacial score (nSPS) is 10.7. The summed E-state index contributed by atoms with van der Waals surface area (Å²) in [4.78, 5) is 21.9. The van der Waals surface area contributed by atoms with Crippen LogP contribution in [-0.4, -0.2) is 21.4 Å². The molecule has 0 saturated heterocycles. The number of nitrogens with zero attached hydrogens (tertiary/aromatic N) is 4. The summed E-state index contributed by atoms with van der Waals surface area (Å²) < 4.78 is 0. The highest BCUT2D eigenvalue weighted by Gasteiger charge is 2.27. The molecule has 0 aliphatic heterocycles. The Morgan fingerprint density at radius 1 is 1.03 bits per heavy atom. The average Bonchev–Trinajstić information content (AvgIpc) is 2.75. The molecule has 7 heteroatoms. The Morgan fingerprint density at radius 2 is 1.80 bits per heavy atom. The van der Waals surface area contributed by atoms with E-state index in [-0.39, 0.29) is 17.3 Å². The SMILES string of the molecule is CCN(c1cccc(C)c1)c1ncnc(Nc2cccc3ccccc23)c1[N+](=O)[O-]. The van der Waals surface area contributed by atoms with Gasteiger partial charge in [-0.3, -0.25) is 10.1 Å². The number of hydrogen-bond donors (Lipinski definition) is 1. The monoisotopic (exact) mass is 399 g/mol. The topological polar surface area (TPSA) is 84.2 Å². The predicted octanol–water partition coefficient (Wildman–Crippen LogP) is 5.75. The first-order valence-electron chi connectivity index (χ1n) is 9.67. The lowest BCUT2D eigenvalue weighted by atomic mass is 10.1. The van der Waals surface area contributed by atoms with Gasteiger partial charge in [-0.15, -0.1) is 0 Å². The number of benzene rings is 3. The van der Waals surface area contributed by atoms with Gasteiger partial charge in [0.1, 0.15) is 6.33 Å². The van der Waals surface area contributed by atoms with E-state index in [9.17, 15) is 10.1 Å². The number of aryl methyl sites for hydroxylation is 1. The molecule has 4 aromatic rings. The van der Waals surface area contributed by atoms with Crippen LogP contribution in [0.5, 0.6) is 0 Å². The minimum absolute atomic E-state index is 0.159. The second-order valence-corrected chi connectivity index (χ2v) is 6.89. The van der Waals surface area contributed by atoms with Gasteiger partial charge in [0, 0.05) is 23.3 Å². The molecule has 0 radical (unpaired) electrons. The summed E-state index contributed by atoms with van der Waals surface area (Å²) in [7, 11) is 0. The van der Waals surface area contributed by atoms with Crippen LogP contribution in [-0.2, 0) is 0 Å². The Balaban J connectivity index is 1.83. The molecule has 1 N–H and O–H groups in total. The van der Waals surface area contributed by atoms with E-state index in [0.29, 0.717) is 6.54 Å². The highest BCUT2D eigenvalue weighted by molar-refractivity contribution is 5.96. The minimum Gasteiger partial charge on any atom is -0.334 e. The third kappa shape index (κ3) is 3.65. The third-order valence-electron chi connectivity index (χ3n) is 4.91. The first-order chi connectivity index (χ1) is 14.6. The van der Waals surface area contributed by atoms with Crippen molar-refractivity contribution in [3.05, 3.63) is 88.7 Å². The molecule has 3 aromatic carbocycles. The van der Waals surface area contributed by atoms with E-state index >= 15 is 0 Å². The van der Waals surface area contributed by atoms with Crippen LogP contribution < -0.4 is 10.2 Å². The molecule has 0 spiro atoms. The average molecular weight is 399 g/mol. The van der Waals surface area contributed by atoms with Crippen molar-refractivity contribution in [1.29, 1.82) is 0 Å². The molecular formula is C23H21N5O2. The molecule has 4 rings (SSSR count). The molecule has 0 fully saturated rings. The van der Waals surface area contributed by atoms with Crippen molar-refractivity contribution in [2.45, 2.75) is 13.8 Å². The Kier molecular flexibility index (Phi) is 5.26. The smallest absolute Gasteiger partial charge is 0.334 e. The van der Waals surface area contributed by atoms with Gasteiger partial charge in [0.15, 0.2) is 0 Å². The van der Waals surface area contributed by atoms with E-state index in [0.717, 1.165) is 27.7 Å². The molecule has 0 atom stereocenters. The van der Waals surface area contributed by atoms with E-state index in [1.54, 1.807) is 0 Å². The van der Waals surface area contributed by atoms with Crippen molar-refractivity contribution in [2.24, 2.45) is 0 Å². The maximum absolute atomic E-state index is 12.1. The summed E-state index contributed by atoms with van der Waals surface area (Å²) in [5.74, 6) is 0.415. The predicted molar refractivity (Wildman–Crippen MR) is 120 cm³/mol. The standard InChI is InChI=1S/C23H21N5O2/c1-3-27(18-11-6-8-16(2)14-18)23-21(28(29)30)22(24-15-25-23)26-20-13-7-10-17-9-4-5-12-19(17)20/h4-15H,3H2,1-2H3,(H,24,25,26). The molecule has 1 aromatic heterocycles. The van der Waals surface area contributed by atoms with Crippen LogP contribution in [0.1, 0.15) is 12.5 Å². The maximum atomic E-state index is 12.1. The fraction of sp³-hybridized carbons (Fsp3) is 0.130. The number of hydrogen-bond acceptors (Lipinski definition) is 6. The van der Waals surface area contributed by atoms with Crippen LogP contribution in [0.3, 0.4) is 0 Å². The third-order valence-corrected chi connectivity index (χ3v) is 4.91. The van der Waals surface area contributed by atoms with Gasteiger partial charge in [-0.05, 0) is 43.0 Å². The minimum atomic E-state index is -0.429. The zero-order chi connectivity index (χ0) is 21.1. The molecule has 7 nitrogen and oxygen atoms in total. The second kappa shape index (κ2) is 8.16. The first kappa shape index (κ1) is 19.3. The summed E-state index contributed by atoms with van der Waals surface area (Å²) in [6.45, 7) is 4.44. The summed E-state index contributed by atoms with van der Waals surface area (Å²) in [5, 5.41) is 17.2. The quantitative estimate of drug-likeness (QED) is 0.328. The fourth-order valence-electron chi connectivity index (χ4n) is 3.54. The number of nitro groups is 1. The van der Waals surface area contributed by atoms with E-state index in [1.165, 1.54) is 6.33 Å². The van der Waals surface area contributed by atoms with Crippen molar-refractivity contribution in [2.75, 3.05) is 16.8 Å². The van der Waals surface area contributed by atoms with Gasteiger partial charge in [0.2, 0.25) is 11.6 Å². The molecule has 0 unspecified atom stereocenters. The van der Waals surface area contributed by atoms with Crippen molar-refractivity contribution in [3.63, 3.8) is 0 Å². The Labute approximate surface area is 174 Å². The van der Waals surface area contributed by atoms with Gasteiger partial charge in [0.25, 0.3) is 0 Å². The van der Waals surface area contributed by atoms with E-state index in [1.807, 2.05) is 85.5 Å². The largest absolute Gasteiger partial charge is 0.354 e. The van der Waals surface area contributed by atoms with Crippen molar-refractivity contribution in [1.82, 2.24) is 9.97 Å². The first-order valence-corrected chi connectivity index (χ1v) is 9.67. The van der Waals surface area contributed by atoms with Crippen LogP contribution in [0.25, 0.3) is 10.8 Å². The molecule has 0 aliphatic carbocycles. The lowest BCUT2D eigenvalue weighted by Crippen LogP contribution is -2.20. The van der Waals surface area contributed by atoms with Crippen LogP contribution in [0, 0.1) is 17.0 Å². The summed E-state index contributed by atoms with van der Waals surface area (Å²) in [5.41, 5.74) is 2.50. The Hall–Kier alpha value is -4.00. The summed E-state index contributed by atoms with van der Waals surface area (Å²) in [6.07, 6.45) is 1.36. The Bertz CT molecular complexity index is 1220. The number of aromatic nitrogens is 2. The highest BCUT2D eigenvalue weighted by Crippen LogP contribution is 2.38. The molecule has 30 heavy (non-hydrogen) atoms. The Morgan fingerprint density at radius 3 is 2.57 bits per heavy atom. The molecule has 0 aliphatic rings. The van der Waals surface area contributed by atoms with E-state index in [4.69, 9.17) is 0 Å². The van der Waals surface area contributed by atoms with Crippen LogP contribution in [0.2, 0.25) is 0 Å². The highest BCUT2D eigenvalue weighted by atomic mass is 16.6. The van der Waals surface area contributed by atoms with Crippen LogP contribution >= 0.6 is 0 Å². The lowest BCUT2D eigenvalue weighted by molar-refractivity contribution is -0.383. The van der Waals surface area contributed by atoms with Gasteiger partial charge >= 0.3 is 5.69 Å². The van der Waals surface area contributed by atoms with E-state index < -0.39 is 4.92 Å². The second-order valence-electron chi connectivity index (χ2n) is 6.89. The van der Waals surface area contributed by atoms with Gasteiger partial charge < -0.3 is 10.2 Å². The van der Waals surface area contributed by atoms with Crippen molar-refractivity contribution in [3.8, 4) is 0 Å². The molecular weight excluding hydrogens is 378 g/mol. The summed E-state index contributed by atoms with van der Waals surface area (Å²) >= 11 is 0. The fourth-order valence-corrected chi connectivity index (χ4v) is 3.54. The molecule has 0 amide bonds. The maximum Gasteiger partial charge on any atom is 0.354 e. The van der Waals surface area contributed by atoms with Crippen molar-refractivity contribution >= 4 is 39.5 Å². The van der Waals surface area contributed by atoms with Gasteiger partial charge in [-0.1, -0.05) is 48.5 Å². The number of anilines is 4. The number of rotatable bonds is 6. The van der Waals surface area contributed by atoms with Crippen LogP contribution in [0.4, 0.5) is 28.7 Å². The van der Waals surface area contributed by atoms with Gasteiger partial charge in [-0.2, -0.15) is 0 Å².